The molecule has 2 saturated heterocycles. The van der Waals surface area contributed by atoms with Crippen LogP contribution in [0.2, 0.25) is 0 Å². The first-order chi connectivity index (χ1) is 37.1. The lowest BCUT2D eigenvalue weighted by Crippen LogP contribution is -2.71. The average molecular weight is 1110 g/mol. The highest BCUT2D eigenvalue weighted by molar-refractivity contribution is 6.02. The molecule has 0 spiro atoms. The number of rotatable bonds is 14. The van der Waals surface area contributed by atoms with E-state index in [1.807, 2.05) is 67.5 Å². The van der Waals surface area contributed by atoms with E-state index in [0.717, 1.165) is 18.5 Å². The number of ether oxygens (including phenoxy) is 5. The molecule has 20 atom stereocenters. The van der Waals surface area contributed by atoms with Crippen molar-refractivity contribution in [3.05, 3.63) is 71.9 Å². The molecule has 1 aromatic rings. The van der Waals surface area contributed by atoms with Crippen molar-refractivity contribution < 1.29 is 70.6 Å². The Hall–Kier alpha value is -4.10. The molecule has 8 aliphatic carbocycles. The first kappa shape index (κ1) is 58.1. The summed E-state index contributed by atoms with van der Waals surface area (Å²) < 4.78 is 98.2. The number of alkyl halides is 4. The largest absolute Gasteiger partial charge is 0.486 e. The fourth-order valence-corrected chi connectivity index (χ4v) is 17.4. The summed E-state index contributed by atoms with van der Waals surface area (Å²) in [7, 11) is 0. The summed E-state index contributed by atoms with van der Waals surface area (Å²) in [6.07, 6.45) is 2.24. The number of halogens is 4. The summed E-state index contributed by atoms with van der Waals surface area (Å²) in [4.78, 5) is 52.4. The quantitative estimate of drug-likeness (QED) is 0.130. The maximum atomic E-state index is 17.6. The third-order valence-electron chi connectivity index (χ3n) is 21.1. The van der Waals surface area contributed by atoms with Crippen LogP contribution in [0.25, 0.3) is 0 Å². The topological polar surface area (TPSA) is 179 Å². The lowest BCUT2D eigenvalue weighted by Gasteiger charge is -2.63. The van der Waals surface area contributed by atoms with E-state index in [1.165, 1.54) is 36.5 Å². The summed E-state index contributed by atoms with van der Waals surface area (Å²) in [6.45, 7) is 18.7. The van der Waals surface area contributed by atoms with Crippen molar-refractivity contribution in [1.29, 1.82) is 0 Å². The molecule has 10 aliphatic rings. The van der Waals surface area contributed by atoms with Gasteiger partial charge in [0, 0.05) is 51.3 Å². The van der Waals surface area contributed by atoms with Gasteiger partial charge in [0.2, 0.25) is 5.78 Å². The van der Waals surface area contributed by atoms with Crippen molar-refractivity contribution in [2.24, 2.45) is 45.3 Å². The van der Waals surface area contributed by atoms with Gasteiger partial charge in [-0.25, -0.2) is 17.6 Å². The summed E-state index contributed by atoms with van der Waals surface area (Å²) in [5.74, 6) is -3.48. The number of hydrogen-bond donors (Lipinski definition) is 4. The van der Waals surface area contributed by atoms with Crippen LogP contribution in [0.5, 0.6) is 5.75 Å². The number of nitrogens with one attached hydrogen (secondary N) is 2. The van der Waals surface area contributed by atoms with Crippen LogP contribution in [0, 0.1) is 45.3 Å². The number of allylic oxidation sites excluding steroid dienone is 8. The molecule has 11 rings (SSSR count). The Morgan fingerprint density at radius 2 is 1.11 bits per heavy atom. The van der Waals surface area contributed by atoms with Crippen LogP contribution in [0.4, 0.5) is 23.2 Å². The van der Waals surface area contributed by atoms with E-state index in [1.54, 1.807) is 26.0 Å². The van der Waals surface area contributed by atoms with Crippen molar-refractivity contribution in [3.63, 3.8) is 0 Å². The molecular weight excluding hydrogens is 1020 g/mol. The lowest BCUT2D eigenvalue weighted by atomic mass is 9.44. The van der Waals surface area contributed by atoms with Gasteiger partial charge < -0.3 is 44.5 Å². The Kier molecular flexibility index (Phi) is 15.0. The highest BCUT2D eigenvalue weighted by atomic mass is 19.2. The predicted octanol–water partition coefficient (Wildman–Crippen LogP) is 9.43. The minimum atomic E-state index is -2.24. The molecule has 2 heterocycles. The van der Waals surface area contributed by atoms with E-state index in [2.05, 4.69) is 10.6 Å². The Morgan fingerprint density at radius 3 is 1.53 bits per heavy atom. The number of fused-ring (bicyclic) bond motifs is 14. The summed E-state index contributed by atoms with van der Waals surface area (Å²) in [5, 5.41) is 29.8. The number of anilines is 1. The van der Waals surface area contributed by atoms with Crippen LogP contribution in [0.3, 0.4) is 0 Å². The number of hydrogen-bond acceptors (Lipinski definition) is 13. The molecule has 434 valence electrons. The second kappa shape index (κ2) is 20.4. The maximum absolute atomic E-state index is 17.6. The van der Waals surface area contributed by atoms with E-state index in [0.29, 0.717) is 31.4 Å². The van der Waals surface area contributed by atoms with Gasteiger partial charge in [-0.1, -0.05) is 66.5 Å². The van der Waals surface area contributed by atoms with E-state index in [9.17, 15) is 29.4 Å². The van der Waals surface area contributed by atoms with Gasteiger partial charge in [-0.05, 0) is 151 Å². The smallest absolute Gasteiger partial charge is 0.205 e. The molecule has 4 N–H and O–H groups in total. The number of aliphatic hydroxyl groups excluding tert-OH is 2. The molecular formula is C62H82F4N2O11. The normalized spacial score (nSPS) is 45.9. The molecule has 6 saturated carbocycles. The van der Waals surface area contributed by atoms with Gasteiger partial charge in [0.05, 0.1) is 31.0 Å². The first-order valence-electron chi connectivity index (χ1n) is 29.0. The number of aliphatic hydroxyl groups is 2. The predicted molar refractivity (Wildman–Crippen MR) is 287 cm³/mol. The Labute approximate surface area is 462 Å². The van der Waals surface area contributed by atoms with Crippen LogP contribution < -0.4 is 15.4 Å². The third-order valence-corrected chi connectivity index (χ3v) is 21.1. The molecule has 2 aliphatic heterocycles. The fraction of sp³-hybridized carbons (Fsp3) is 0.710. The number of Topliss-reactive ketones (excluding diaryl/α,β-unsaturated/α-hetero) is 2. The molecule has 1 aromatic carbocycles. The molecule has 0 bridgehead atoms. The fourth-order valence-electron chi connectivity index (χ4n) is 17.4. The van der Waals surface area contributed by atoms with Gasteiger partial charge in [0.25, 0.3) is 0 Å². The van der Waals surface area contributed by atoms with Crippen molar-refractivity contribution >= 4 is 28.8 Å². The molecule has 79 heavy (non-hydrogen) atoms. The molecule has 0 radical (unpaired) electrons. The number of ketones is 4. The third kappa shape index (κ3) is 8.35. The van der Waals surface area contributed by atoms with Crippen LogP contribution in [-0.2, 0) is 38.1 Å². The Balaban J connectivity index is 0.000000181. The number of carbonyl (C=O) groups excluding carboxylic acids is 4. The van der Waals surface area contributed by atoms with Crippen molar-refractivity contribution in [2.75, 3.05) is 18.5 Å². The molecule has 13 nitrogen and oxygen atoms in total. The SMILES string of the molecule is CCCC1O[C@@H]2C[C@H]3[C@@H]4C[C@H](F)C5=CC(=O)C=C[C@]5(C)[C@@]4(F)[C@@H](O)C[C@]3(C)[C@]2(C(=O)CNC(C)C)O1.CCCC1O[C@@H]2C[C@H]3[C@@H]4C[C@H](F)C5=CC(=O)C=C[C@]5(C)[C@@]4(F)[C@@H](O)C[C@]3(C)[C@]2(C(=O)COc2ccc(NC(C)C)cc2)O1. The van der Waals surface area contributed by atoms with E-state index in [4.69, 9.17) is 23.7 Å². The standard InChI is InChI=1S/C34H43F2NO6.C28H39F2NO5/c1-6-7-30-42-29-16-23-24-15-26(35)25-14-21(38)12-13-31(25,4)33(24,36)27(39)17-32(23,5)34(29,43-30)28(40)18-41-22-10-8-20(9-11-22)37-19(2)3;1-6-7-24-35-23-12-17-18-11-20(29)19-10-16(32)8-9-25(19,4)27(18,30)21(33)13-26(17,5)28(23,36-24)22(34)14-31-15(2)3/h8-14,19,23-24,26-27,29-30,37,39H,6-7,15-18H2,1-5H3;8-10,15,17-18,20-21,23-24,31,33H,6-7,11-14H2,1-5H3/t23-,24-,26-,27-,29+,30?,31-,32-,33-,34+;17-,18-,20-,21-,23+,24?,25-,26-,27-,28+/m00/s1. The molecule has 2 unspecified atom stereocenters. The summed E-state index contributed by atoms with van der Waals surface area (Å²) in [6, 6.07) is 7.69. The van der Waals surface area contributed by atoms with Crippen LogP contribution >= 0.6 is 0 Å². The average Bonchev–Trinajstić information content (AvgIpc) is 3.34. The summed E-state index contributed by atoms with van der Waals surface area (Å²) in [5.41, 5.74) is -11.1. The first-order valence-corrected chi connectivity index (χ1v) is 29.0. The monoisotopic (exact) mass is 1110 g/mol. The van der Waals surface area contributed by atoms with Gasteiger partial charge in [0.1, 0.15) is 24.7 Å². The number of benzene rings is 1. The molecule has 0 amide bonds. The zero-order valence-electron chi connectivity index (χ0n) is 47.4. The van der Waals surface area contributed by atoms with Crippen molar-refractivity contribution in [1.82, 2.24) is 5.32 Å². The zero-order chi connectivity index (χ0) is 57.2. The zero-order valence-corrected chi connectivity index (χ0v) is 47.4. The second-order valence-electron chi connectivity index (χ2n) is 26.1. The van der Waals surface area contributed by atoms with Crippen LogP contribution in [0.15, 0.2) is 71.9 Å². The summed E-state index contributed by atoms with van der Waals surface area (Å²) >= 11 is 0. The van der Waals surface area contributed by atoms with E-state index >= 15 is 17.6 Å². The molecule has 17 heteroatoms. The van der Waals surface area contributed by atoms with Gasteiger partial charge >= 0.3 is 0 Å². The van der Waals surface area contributed by atoms with E-state index < -0.39 is 117 Å². The van der Waals surface area contributed by atoms with Crippen molar-refractivity contribution in [2.45, 2.75) is 217 Å². The van der Waals surface area contributed by atoms with Gasteiger partial charge in [-0.3, -0.25) is 19.2 Å². The highest BCUT2D eigenvalue weighted by Crippen LogP contribution is 2.74. The lowest BCUT2D eigenvalue weighted by molar-refractivity contribution is -0.234. The number of carbonyl (C=O) groups is 4. The van der Waals surface area contributed by atoms with Crippen LogP contribution in [0.1, 0.15) is 133 Å². The highest BCUT2D eigenvalue weighted by Gasteiger charge is 2.82. The van der Waals surface area contributed by atoms with Gasteiger partial charge in [-0.15, -0.1) is 0 Å². The van der Waals surface area contributed by atoms with Crippen LogP contribution in [-0.4, -0.2) is 130 Å². The van der Waals surface area contributed by atoms with E-state index in [-0.39, 0.29) is 85.2 Å². The van der Waals surface area contributed by atoms with Crippen molar-refractivity contribution in [3.8, 4) is 5.75 Å². The minimum absolute atomic E-state index is 0.0155. The minimum Gasteiger partial charge on any atom is -0.486 e. The maximum Gasteiger partial charge on any atom is 0.205 e. The Bertz CT molecular complexity index is 2720. The van der Waals surface area contributed by atoms with Gasteiger partial charge in [0.15, 0.2) is 52.5 Å². The molecule has 8 fully saturated rings. The van der Waals surface area contributed by atoms with Gasteiger partial charge in [-0.2, -0.15) is 0 Å². The molecule has 0 aromatic heterocycles. The second-order valence-corrected chi connectivity index (χ2v) is 26.1. The Morgan fingerprint density at radius 1 is 0.671 bits per heavy atom.